The van der Waals surface area contributed by atoms with Crippen LogP contribution in [0, 0.1) is 12.7 Å². The molecule has 1 atom stereocenters. The van der Waals surface area contributed by atoms with Crippen LogP contribution in [-0.2, 0) is 20.7 Å². The van der Waals surface area contributed by atoms with E-state index in [2.05, 4.69) is 5.32 Å². The van der Waals surface area contributed by atoms with Crippen molar-refractivity contribution < 1.29 is 23.5 Å². The third kappa shape index (κ3) is 6.09. The largest absolute Gasteiger partial charge is 0.494 e. The number of halogens is 1. The number of carbonyl (C=O) groups is 2. The Balaban J connectivity index is 1.84. The number of benzene rings is 2. The normalized spacial score (nSPS) is 11.6. The van der Waals surface area contributed by atoms with Crippen LogP contribution in [-0.4, -0.2) is 25.6 Å². The van der Waals surface area contributed by atoms with E-state index in [1.54, 1.807) is 6.07 Å². The van der Waals surface area contributed by atoms with Crippen LogP contribution in [0.3, 0.4) is 0 Å². The van der Waals surface area contributed by atoms with E-state index < -0.39 is 11.8 Å². The number of methoxy groups -OCH3 is 1. The van der Waals surface area contributed by atoms with Gasteiger partial charge >= 0.3 is 5.97 Å². The first-order valence-electron chi connectivity index (χ1n) is 8.77. The minimum Gasteiger partial charge on any atom is -0.494 e. The van der Waals surface area contributed by atoms with Crippen molar-refractivity contribution in [3.8, 4) is 5.75 Å². The van der Waals surface area contributed by atoms with Crippen molar-refractivity contribution in [1.29, 1.82) is 0 Å². The molecule has 0 saturated carbocycles. The lowest BCUT2D eigenvalue weighted by atomic mass is 10.0. The summed E-state index contributed by atoms with van der Waals surface area (Å²) in [7, 11) is 1.37. The summed E-state index contributed by atoms with van der Waals surface area (Å²) in [6.45, 7) is 3.59. The second-order valence-corrected chi connectivity index (χ2v) is 6.25. The number of hydrogen-bond acceptors (Lipinski definition) is 4. The van der Waals surface area contributed by atoms with Gasteiger partial charge in [-0.25, -0.2) is 4.39 Å². The quantitative estimate of drug-likeness (QED) is 0.720. The molecule has 5 nitrogen and oxygen atoms in total. The molecule has 1 N–H and O–H groups in total. The smallest absolute Gasteiger partial charge is 0.310 e. The van der Waals surface area contributed by atoms with E-state index in [1.165, 1.54) is 19.2 Å². The van der Waals surface area contributed by atoms with Crippen LogP contribution in [0.1, 0.15) is 36.1 Å². The third-order valence-corrected chi connectivity index (χ3v) is 4.15. The number of hydrogen-bond donors (Lipinski definition) is 1. The molecule has 0 radical (unpaired) electrons. The first-order chi connectivity index (χ1) is 12.9. The van der Waals surface area contributed by atoms with Crippen molar-refractivity contribution in [1.82, 2.24) is 5.32 Å². The number of carbonyl (C=O) groups excluding carboxylic acids is 2. The standard InChI is InChI=1S/C21H24FNO4/c1-4-18(16-8-5-14(2)6-9-16)23-20(24)13-27-21(25)12-15-7-10-19(26-3)17(22)11-15/h5-11,18H,4,12-13H2,1-3H3,(H,23,24)/t18-/m0/s1. The maximum Gasteiger partial charge on any atom is 0.310 e. The van der Waals surface area contributed by atoms with Gasteiger partial charge in [0.25, 0.3) is 5.91 Å². The van der Waals surface area contributed by atoms with Gasteiger partial charge in [-0.05, 0) is 36.6 Å². The summed E-state index contributed by atoms with van der Waals surface area (Å²) in [6, 6.07) is 12.0. The van der Waals surface area contributed by atoms with Gasteiger partial charge in [0.15, 0.2) is 18.2 Å². The molecule has 0 bridgehead atoms. The fraction of sp³-hybridized carbons (Fsp3) is 0.333. The van der Waals surface area contributed by atoms with Crippen LogP contribution in [0.15, 0.2) is 42.5 Å². The number of nitrogens with one attached hydrogen (secondary N) is 1. The Bertz CT molecular complexity index is 789. The third-order valence-electron chi connectivity index (χ3n) is 4.15. The maximum atomic E-state index is 13.6. The molecule has 2 rings (SSSR count). The number of rotatable bonds is 8. The molecule has 0 saturated heterocycles. The van der Waals surface area contributed by atoms with Crippen LogP contribution < -0.4 is 10.1 Å². The summed E-state index contributed by atoms with van der Waals surface area (Å²) in [4.78, 5) is 24.0. The summed E-state index contributed by atoms with van der Waals surface area (Å²) in [5.41, 5.74) is 2.59. The fourth-order valence-electron chi connectivity index (χ4n) is 2.64. The number of ether oxygens (including phenoxy) is 2. The fourth-order valence-corrected chi connectivity index (χ4v) is 2.64. The molecular weight excluding hydrogens is 349 g/mol. The zero-order valence-corrected chi connectivity index (χ0v) is 15.8. The number of esters is 1. The average Bonchev–Trinajstić information content (AvgIpc) is 2.65. The van der Waals surface area contributed by atoms with Crippen molar-refractivity contribution >= 4 is 11.9 Å². The van der Waals surface area contributed by atoms with E-state index in [4.69, 9.17) is 9.47 Å². The molecule has 2 aromatic rings. The molecule has 0 heterocycles. The van der Waals surface area contributed by atoms with Gasteiger partial charge in [-0.1, -0.05) is 42.8 Å². The van der Waals surface area contributed by atoms with Crippen molar-refractivity contribution in [3.05, 3.63) is 65.0 Å². The maximum absolute atomic E-state index is 13.6. The van der Waals surface area contributed by atoms with E-state index >= 15 is 0 Å². The molecule has 6 heteroatoms. The molecule has 0 aliphatic rings. The molecule has 2 aromatic carbocycles. The van der Waals surface area contributed by atoms with Gasteiger partial charge in [0.1, 0.15) is 0 Å². The summed E-state index contributed by atoms with van der Waals surface area (Å²) < 4.78 is 23.5. The topological polar surface area (TPSA) is 64.6 Å². The SMILES string of the molecule is CC[C@H](NC(=O)COC(=O)Cc1ccc(OC)c(F)c1)c1ccc(C)cc1. The van der Waals surface area contributed by atoms with Gasteiger partial charge in [-0.2, -0.15) is 0 Å². The highest BCUT2D eigenvalue weighted by molar-refractivity contribution is 5.81. The van der Waals surface area contributed by atoms with Gasteiger partial charge in [-0.3, -0.25) is 9.59 Å². The van der Waals surface area contributed by atoms with E-state index in [-0.39, 0.29) is 30.7 Å². The Hall–Kier alpha value is -2.89. The Labute approximate surface area is 158 Å². The lowest BCUT2D eigenvalue weighted by Crippen LogP contribution is -2.32. The second-order valence-electron chi connectivity index (χ2n) is 6.25. The minimum absolute atomic E-state index is 0.105. The Morgan fingerprint density at radius 3 is 2.44 bits per heavy atom. The first kappa shape index (κ1) is 20.4. The van der Waals surface area contributed by atoms with Crippen molar-refractivity contribution in [2.75, 3.05) is 13.7 Å². The summed E-state index contributed by atoms with van der Waals surface area (Å²) in [5, 5.41) is 2.85. The van der Waals surface area contributed by atoms with Crippen LogP contribution in [0.4, 0.5) is 4.39 Å². The lowest BCUT2D eigenvalue weighted by Gasteiger charge is -2.17. The van der Waals surface area contributed by atoms with Gasteiger partial charge in [-0.15, -0.1) is 0 Å². The molecule has 144 valence electrons. The van der Waals surface area contributed by atoms with E-state index in [9.17, 15) is 14.0 Å². The zero-order chi connectivity index (χ0) is 19.8. The van der Waals surface area contributed by atoms with E-state index in [1.807, 2.05) is 38.1 Å². The second kappa shape index (κ2) is 9.71. The van der Waals surface area contributed by atoms with Crippen LogP contribution >= 0.6 is 0 Å². The molecule has 0 aromatic heterocycles. The molecule has 27 heavy (non-hydrogen) atoms. The van der Waals surface area contributed by atoms with Gasteiger partial charge in [0, 0.05) is 0 Å². The van der Waals surface area contributed by atoms with Gasteiger partial charge in [0.2, 0.25) is 0 Å². The number of aryl methyl sites for hydroxylation is 1. The lowest BCUT2D eigenvalue weighted by molar-refractivity contribution is -0.148. The van der Waals surface area contributed by atoms with Crippen molar-refractivity contribution in [2.24, 2.45) is 0 Å². The molecule has 0 fully saturated rings. The number of amides is 1. The molecule has 1 amide bonds. The molecule has 0 unspecified atom stereocenters. The van der Waals surface area contributed by atoms with Crippen LogP contribution in [0.2, 0.25) is 0 Å². The highest BCUT2D eigenvalue weighted by atomic mass is 19.1. The summed E-state index contributed by atoms with van der Waals surface area (Å²) in [5.74, 6) is -1.42. The minimum atomic E-state index is -0.599. The Kier molecular flexibility index (Phi) is 7.34. The van der Waals surface area contributed by atoms with E-state index in [0.717, 1.165) is 11.1 Å². The van der Waals surface area contributed by atoms with Gasteiger partial charge in [0.05, 0.1) is 19.6 Å². The predicted molar refractivity (Wildman–Crippen MR) is 100.0 cm³/mol. The van der Waals surface area contributed by atoms with E-state index in [0.29, 0.717) is 12.0 Å². The molecular formula is C21H24FNO4. The predicted octanol–water partition coefficient (Wildman–Crippen LogP) is 3.50. The summed E-state index contributed by atoms with van der Waals surface area (Å²) >= 11 is 0. The molecule has 0 spiro atoms. The Morgan fingerprint density at radius 2 is 1.85 bits per heavy atom. The van der Waals surface area contributed by atoms with Crippen LogP contribution in [0.25, 0.3) is 0 Å². The Morgan fingerprint density at radius 1 is 1.15 bits per heavy atom. The highest BCUT2D eigenvalue weighted by Crippen LogP contribution is 2.18. The van der Waals surface area contributed by atoms with Crippen molar-refractivity contribution in [2.45, 2.75) is 32.7 Å². The zero-order valence-electron chi connectivity index (χ0n) is 15.8. The monoisotopic (exact) mass is 373 g/mol. The molecule has 0 aliphatic carbocycles. The summed E-state index contributed by atoms with van der Waals surface area (Å²) in [6.07, 6.45) is 0.594. The first-order valence-corrected chi connectivity index (χ1v) is 8.77. The average molecular weight is 373 g/mol. The van der Waals surface area contributed by atoms with Crippen molar-refractivity contribution in [3.63, 3.8) is 0 Å². The highest BCUT2D eigenvalue weighted by Gasteiger charge is 2.15. The van der Waals surface area contributed by atoms with Crippen LogP contribution in [0.5, 0.6) is 5.75 Å². The molecule has 0 aliphatic heterocycles. The van der Waals surface area contributed by atoms with Gasteiger partial charge < -0.3 is 14.8 Å².